The lowest BCUT2D eigenvalue weighted by atomic mass is 9.91. The summed E-state index contributed by atoms with van der Waals surface area (Å²) in [7, 11) is 0. The first-order chi connectivity index (χ1) is 13.8. The summed E-state index contributed by atoms with van der Waals surface area (Å²) in [6.45, 7) is 1.74. The second-order valence-corrected chi connectivity index (χ2v) is 9.45. The summed E-state index contributed by atoms with van der Waals surface area (Å²) < 4.78 is 7.51. The van der Waals surface area contributed by atoms with Crippen LogP contribution in [-0.4, -0.2) is 27.4 Å². The fourth-order valence-corrected chi connectivity index (χ4v) is 5.72. The van der Waals surface area contributed by atoms with E-state index in [1.54, 1.807) is 16.0 Å². The largest absolute Gasteiger partial charge is 0.371 e. The van der Waals surface area contributed by atoms with Crippen molar-refractivity contribution in [2.45, 2.75) is 82.5 Å². The minimum Gasteiger partial charge on any atom is -0.371 e. The van der Waals surface area contributed by atoms with E-state index in [1.807, 2.05) is 12.3 Å². The molecule has 0 bridgehead atoms. The second kappa shape index (κ2) is 8.05. The fraction of sp³-hybridized carbons (Fsp3) is 0.667. The van der Waals surface area contributed by atoms with Crippen LogP contribution in [0.1, 0.15) is 78.2 Å². The topological polar surface area (TPSA) is 69.0 Å². The van der Waals surface area contributed by atoms with E-state index in [0.29, 0.717) is 6.04 Å². The number of hydrogen-bond acceptors (Lipinski definition) is 6. The standard InChI is InChI=1S/C21H28N4O2S/c26-20-11-14-3-1-4-18(14)24-25(20)16-8-6-15(7-9-16)22-12-17-13-23-21(28-17)19-5-2-10-27-19/h11,13,15-16,19,22H,1-10,12H2. The Morgan fingerprint density at radius 3 is 2.89 bits per heavy atom. The summed E-state index contributed by atoms with van der Waals surface area (Å²) in [6.07, 6.45) is 11.8. The maximum Gasteiger partial charge on any atom is 0.267 e. The van der Waals surface area contributed by atoms with Gasteiger partial charge in [0.15, 0.2) is 0 Å². The lowest BCUT2D eigenvalue weighted by molar-refractivity contribution is 0.111. The molecule has 1 saturated carbocycles. The Hall–Kier alpha value is -1.57. The van der Waals surface area contributed by atoms with E-state index >= 15 is 0 Å². The van der Waals surface area contributed by atoms with Gasteiger partial charge in [-0.25, -0.2) is 9.67 Å². The molecule has 6 nitrogen and oxygen atoms in total. The Bertz CT molecular complexity index is 879. The molecule has 1 aliphatic heterocycles. The molecule has 5 rings (SSSR count). The highest BCUT2D eigenvalue weighted by Gasteiger charge is 2.26. The fourth-order valence-electron chi connectivity index (χ4n) is 4.77. The molecule has 1 unspecified atom stereocenters. The number of ether oxygens (including phenoxy) is 1. The smallest absolute Gasteiger partial charge is 0.267 e. The van der Waals surface area contributed by atoms with Gasteiger partial charge in [-0.15, -0.1) is 11.3 Å². The molecule has 0 aromatic carbocycles. The van der Waals surface area contributed by atoms with Crippen molar-refractivity contribution < 1.29 is 4.74 Å². The highest BCUT2D eigenvalue weighted by Crippen LogP contribution is 2.32. The molecule has 0 radical (unpaired) electrons. The zero-order valence-corrected chi connectivity index (χ0v) is 17.0. The monoisotopic (exact) mass is 400 g/mol. The molecule has 2 aromatic heterocycles. The molecule has 3 aliphatic rings. The van der Waals surface area contributed by atoms with Crippen LogP contribution in [0.25, 0.3) is 0 Å². The lowest BCUT2D eigenvalue weighted by Crippen LogP contribution is -2.36. The Kier molecular flexibility index (Phi) is 5.30. The molecule has 0 spiro atoms. The molecule has 2 aromatic rings. The van der Waals surface area contributed by atoms with Crippen LogP contribution < -0.4 is 10.9 Å². The van der Waals surface area contributed by atoms with E-state index in [0.717, 1.165) is 81.6 Å². The van der Waals surface area contributed by atoms with E-state index in [1.165, 1.54) is 10.4 Å². The van der Waals surface area contributed by atoms with Crippen LogP contribution in [-0.2, 0) is 24.1 Å². The van der Waals surface area contributed by atoms with Gasteiger partial charge >= 0.3 is 0 Å². The highest BCUT2D eigenvalue weighted by atomic mass is 32.1. The highest BCUT2D eigenvalue weighted by molar-refractivity contribution is 7.11. The molecule has 1 N–H and O–H groups in total. The van der Waals surface area contributed by atoms with Crippen molar-refractivity contribution in [1.29, 1.82) is 0 Å². The minimum atomic E-state index is 0.0865. The predicted molar refractivity (Wildman–Crippen MR) is 109 cm³/mol. The van der Waals surface area contributed by atoms with Gasteiger partial charge < -0.3 is 10.1 Å². The van der Waals surface area contributed by atoms with E-state index in [2.05, 4.69) is 10.3 Å². The summed E-state index contributed by atoms with van der Waals surface area (Å²) in [5.41, 5.74) is 2.40. The van der Waals surface area contributed by atoms with Gasteiger partial charge in [0.1, 0.15) is 11.1 Å². The zero-order valence-electron chi connectivity index (χ0n) is 16.2. The molecule has 0 amide bonds. The van der Waals surface area contributed by atoms with Crippen molar-refractivity contribution >= 4 is 11.3 Å². The quantitative estimate of drug-likeness (QED) is 0.834. The van der Waals surface area contributed by atoms with Gasteiger partial charge in [0, 0.05) is 36.3 Å². The molecule has 3 heterocycles. The van der Waals surface area contributed by atoms with Crippen molar-refractivity contribution in [2.24, 2.45) is 0 Å². The third-order valence-electron chi connectivity index (χ3n) is 6.37. The SMILES string of the molecule is O=c1cc2c(nn1C1CCC(NCc3cnc(C4CCCO4)s3)CC1)CCC2. The second-order valence-electron chi connectivity index (χ2n) is 8.31. The van der Waals surface area contributed by atoms with Gasteiger partial charge in [-0.1, -0.05) is 0 Å². The normalized spacial score (nSPS) is 27.2. The van der Waals surface area contributed by atoms with Crippen LogP contribution in [0.5, 0.6) is 0 Å². The van der Waals surface area contributed by atoms with E-state index in [9.17, 15) is 4.79 Å². The maximum atomic E-state index is 12.5. The Morgan fingerprint density at radius 2 is 2.07 bits per heavy atom. The molecular weight excluding hydrogens is 372 g/mol. The van der Waals surface area contributed by atoms with Crippen molar-refractivity contribution in [3.63, 3.8) is 0 Å². The number of thiazole rings is 1. The Balaban J connectivity index is 1.14. The van der Waals surface area contributed by atoms with Gasteiger partial charge in [0.05, 0.1) is 11.7 Å². The number of aromatic nitrogens is 3. The van der Waals surface area contributed by atoms with E-state index in [4.69, 9.17) is 9.84 Å². The number of aryl methyl sites for hydroxylation is 2. The van der Waals surface area contributed by atoms with Gasteiger partial charge in [-0.3, -0.25) is 4.79 Å². The van der Waals surface area contributed by atoms with E-state index < -0.39 is 0 Å². The van der Waals surface area contributed by atoms with Crippen LogP contribution >= 0.6 is 11.3 Å². The molecule has 2 aliphatic carbocycles. The number of nitrogens with zero attached hydrogens (tertiary/aromatic N) is 3. The third kappa shape index (κ3) is 3.80. The number of rotatable bonds is 5. The molecule has 28 heavy (non-hydrogen) atoms. The molecule has 7 heteroatoms. The van der Waals surface area contributed by atoms with Crippen molar-refractivity contribution in [2.75, 3.05) is 6.61 Å². The van der Waals surface area contributed by atoms with Gasteiger partial charge in [-0.2, -0.15) is 5.10 Å². The van der Waals surface area contributed by atoms with Crippen molar-refractivity contribution in [3.05, 3.63) is 43.8 Å². The average molecular weight is 401 g/mol. The van der Waals surface area contributed by atoms with Crippen LogP contribution in [0.3, 0.4) is 0 Å². The number of hydrogen-bond donors (Lipinski definition) is 1. The first kappa shape index (κ1) is 18.5. The van der Waals surface area contributed by atoms with Gasteiger partial charge in [0.2, 0.25) is 0 Å². The Morgan fingerprint density at radius 1 is 1.18 bits per heavy atom. The summed E-state index contributed by atoms with van der Waals surface area (Å²) in [5, 5.41) is 9.52. The van der Waals surface area contributed by atoms with Crippen molar-refractivity contribution in [3.8, 4) is 0 Å². The number of nitrogens with one attached hydrogen (secondary N) is 1. The van der Waals surface area contributed by atoms with Gasteiger partial charge in [0.25, 0.3) is 5.56 Å². The molecule has 2 fully saturated rings. The van der Waals surface area contributed by atoms with Crippen LogP contribution in [0, 0.1) is 0 Å². The summed E-state index contributed by atoms with van der Waals surface area (Å²) in [5.74, 6) is 0. The van der Waals surface area contributed by atoms with Crippen LogP contribution in [0.2, 0.25) is 0 Å². The molecule has 1 atom stereocenters. The molecule has 150 valence electrons. The van der Waals surface area contributed by atoms with Crippen molar-refractivity contribution in [1.82, 2.24) is 20.1 Å². The molecular formula is C21H28N4O2S. The zero-order chi connectivity index (χ0) is 18.9. The average Bonchev–Trinajstić information content (AvgIpc) is 3.46. The first-order valence-corrected chi connectivity index (χ1v) is 11.5. The Labute approximate surface area is 169 Å². The number of fused-ring (bicyclic) bond motifs is 1. The lowest BCUT2D eigenvalue weighted by Gasteiger charge is -2.29. The minimum absolute atomic E-state index is 0.0865. The predicted octanol–water partition coefficient (Wildman–Crippen LogP) is 3.31. The third-order valence-corrected chi connectivity index (χ3v) is 7.46. The maximum absolute atomic E-state index is 12.5. The van der Waals surface area contributed by atoms with Crippen LogP contribution in [0.15, 0.2) is 17.1 Å². The first-order valence-electron chi connectivity index (χ1n) is 10.7. The van der Waals surface area contributed by atoms with Gasteiger partial charge in [-0.05, 0) is 63.4 Å². The summed E-state index contributed by atoms with van der Waals surface area (Å²) >= 11 is 1.78. The van der Waals surface area contributed by atoms with Crippen LogP contribution in [0.4, 0.5) is 0 Å². The summed E-state index contributed by atoms with van der Waals surface area (Å²) in [4.78, 5) is 18.3. The van der Waals surface area contributed by atoms with E-state index in [-0.39, 0.29) is 17.7 Å². The summed E-state index contributed by atoms with van der Waals surface area (Å²) in [6, 6.07) is 2.59. The molecule has 1 saturated heterocycles.